The number of aromatic nitrogens is 2. The SMILES string of the molecule is C=Cc1ccc2nc(-c3sccc3CCCCCC)ccc2n1. The number of pyridine rings is 2. The highest BCUT2D eigenvalue weighted by atomic mass is 32.1. The smallest absolute Gasteiger partial charge is 0.0895 e. The third kappa shape index (κ3) is 3.67. The first-order chi connectivity index (χ1) is 11.3. The summed E-state index contributed by atoms with van der Waals surface area (Å²) in [4.78, 5) is 10.6. The van der Waals surface area contributed by atoms with Crippen molar-refractivity contribution < 1.29 is 0 Å². The van der Waals surface area contributed by atoms with E-state index in [-0.39, 0.29) is 0 Å². The van der Waals surface area contributed by atoms with Gasteiger partial charge in [0.2, 0.25) is 0 Å². The van der Waals surface area contributed by atoms with Crippen LogP contribution in [-0.2, 0) is 6.42 Å². The van der Waals surface area contributed by atoms with Gasteiger partial charge in [0, 0.05) is 0 Å². The van der Waals surface area contributed by atoms with Gasteiger partial charge in [0.25, 0.3) is 0 Å². The van der Waals surface area contributed by atoms with E-state index in [0.29, 0.717) is 0 Å². The molecule has 0 aliphatic rings. The number of hydrogen-bond acceptors (Lipinski definition) is 3. The number of unbranched alkanes of at least 4 members (excludes halogenated alkanes) is 3. The van der Waals surface area contributed by atoms with Crippen LogP contribution in [0.2, 0.25) is 0 Å². The standard InChI is InChI=1S/C20H22N2S/c1-3-5-6-7-8-15-13-14-23-20(15)19-12-11-17-18(22-19)10-9-16(4-2)21-17/h4,9-14H,2-3,5-8H2,1H3. The summed E-state index contributed by atoms with van der Waals surface area (Å²) < 4.78 is 0. The van der Waals surface area contributed by atoms with Gasteiger partial charge in [0.05, 0.1) is 27.3 Å². The number of aryl methyl sites for hydroxylation is 1. The molecule has 3 heterocycles. The topological polar surface area (TPSA) is 25.8 Å². The maximum absolute atomic E-state index is 4.81. The van der Waals surface area contributed by atoms with E-state index in [1.54, 1.807) is 17.4 Å². The second-order valence-corrected chi connectivity index (χ2v) is 6.68. The molecule has 0 aliphatic heterocycles. The van der Waals surface area contributed by atoms with Gasteiger partial charge in [-0.2, -0.15) is 0 Å². The Bertz CT molecular complexity index is 804. The average molecular weight is 322 g/mol. The second-order valence-electron chi connectivity index (χ2n) is 5.76. The number of thiophene rings is 1. The fourth-order valence-electron chi connectivity index (χ4n) is 2.77. The first kappa shape index (κ1) is 15.9. The molecule has 23 heavy (non-hydrogen) atoms. The first-order valence-electron chi connectivity index (χ1n) is 8.29. The fourth-order valence-corrected chi connectivity index (χ4v) is 3.69. The maximum Gasteiger partial charge on any atom is 0.0895 e. The van der Waals surface area contributed by atoms with E-state index in [1.165, 1.54) is 36.1 Å². The summed E-state index contributed by atoms with van der Waals surface area (Å²) in [5, 5.41) is 2.18. The number of hydrogen-bond donors (Lipinski definition) is 0. The van der Waals surface area contributed by atoms with Gasteiger partial charge in [-0.25, -0.2) is 9.97 Å². The van der Waals surface area contributed by atoms with Gasteiger partial charge in [-0.1, -0.05) is 32.8 Å². The minimum absolute atomic E-state index is 0.889. The van der Waals surface area contributed by atoms with Crippen molar-refractivity contribution in [3.05, 3.63) is 53.5 Å². The normalized spacial score (nSPS) is 11.0. The summed E-state index contributed by atoms with van der Waals surface area (Å²) in [6.07, 6.45) is 8.08. The van der Waals surface area contributed by atoms with Gasteiger partial charge in [-0.15, -0.1) is 11.3 Å². The molecule has 0 spiro atoms. The van der Waals surface area contributed by atoms with Gasteiger partial charge in [-0.05, 0) is 60.2 Å². The Balaban J connectivity index is 1.85. The molecule has 3 rings (SSSR count). The monoisotopic (exact) mass is 322 g/mol. The predicted octanol–water partition coefficient (Wildman–Crippen LogP) is 6.12. The molecule has 0 amide bonds. The molecule has 0 aromatic carbocycles. The van der Waals surface area contributed by atoms with Crippen LogP contribution in [0.25, 0.3) is 27.7 Å². The predicted molar refractivity (Wildman–Crippen MR) is 101 cm³/mol. The van der Waals surface area contributed by atoms with E-state index in [1.807, 2.05) is 12.1 Å². The molecule has 0 unspecified atom stereocenters. The molecular formula is C20H22N2S. The highest BCUT2D eigenvalue weighted by molar-refractivity contribution is 7.13. The van der Waals surface area contributed by atoms with E-state index >= 15 is 0 Å². The van der Waals surface area contributed by atoms with Crippen LogP contribution in [0.4, 0.5) is 0 Å². The maximum atomic E-state index is 4.81. The Morgan fingerprint density at radius 1 is 1.00 bits per heavy atom. The summed E-state index contributed by atoms with van der Waals surface area (Å²) in [6.45, 7) is 6.02. The van der Waals surface area contributed by atoms with E-state index in [0.717, 1.165) is 28.8 Å². The summed E-state index contributed by atoms with van der Waals surface area (Å²) in [5.74, 6) is 0. The Kier molecular flexibility index (Phi) is 5.19. The Labute approximate surface area is 141 Å². The van der Waals surface area contributed by atoms with Crippen LogP contribution < -0.4 is 0 Å². The van der Waals surface area contributed by atoms with E-state index < -0.39 is 0 Å². The van der Waals surface area contributed by atoms with Crippen molar-refractivity contribution in [1.82, 2.24) is 9.97 Å². The minimum Gasteiger partial charge on any atom is -0.247 e. The van der Waals surface area contributed by atoms with E-state index in [9.17, 15) is 0 Å². The van der Waals surface area contributed by atoms with Gasteiger partial charge in [-0.3, -0.25) is 0 Å². The van der Waals surface area contributed by atoms with Crippen LogP contribution in [0, 0.1) is 0 Å². The largest absolute Gasteiger partial charge is 0.247 e. The fraction of sp³-hybridized carbons (Fsp3) is 0.300. The third-order valence-electron chi connectivity index (χ3n) is 4.05. The summed E-state index contributed by atoms with van der Waals surface area (Å²) >= 11 is 1.78. The van der Waals surface area contributed by atoms with Crippen LogP contribution in [0.15, 0.2) is 42.3 Å². The lowest BCUT2D eigenvalue weighted by molar-refractivity contribution is 0.668. The molecule has 0 radical (unpaired) electrons. The summed E-state index contributed by atoms with van der Waals surface area (Å²) in [7, 11) is 0. The molecule has 0 saturated carbocycles. The molecule has 3 heteroatoms. The molecule has 118 valence electrons. The van der Waals surface area contributed by atoms with Gasteiger partial charge in [0.15, 0.2) is 0 Å². The third-order valence-corrected chi connectivity index (χ3v) is 5.03. The Hall–Kier alpha value is -2.00. The van der Waals surface area contributed by atoms with Crippen molar-refractivity contribution in [1.29, 1.82) is 0 Å². The first-order valence-corrected chi connectivity index (χ1v) is 9.16. The van der Waals surface area contributed by atoms with Crippen molar-refractivity contribution in [2.24, 2.45) is 0 Å². The molecule has 3 aromatic heterocycles. The molecule has 0 saturated heterocycles. The van der Waals surface area contributed by atoms with Crippen LogP contribution in [-0.4, -0.2) is 9.97 Å². The van der Waals surface area contributed by atoms with Crippen molar-refractivity contribution in [3.63, 3.8) is 0 Å². The second kappa shape index (κ2) is 7.51. The van der Waals surface area contributed by atoms with Crippen molar-refractivity contribution in [2.75, 3.05) is 0 Å². The summed E-state index contributed by atoms with van der Waals surface area (Å²) in [6, 6.07) is 10.4. The quantitative estimate of drug-likeness (QED) is 0.489. The van der Waals surface area contributed by atoms with Crippen molar-refractivity contribution in [2.45, 2.75) is 39.0 Å². The zero-order valence-corrected chi connectivity index (χ0v) is 14.4. The lowest BCUT2D eigenvalue weighted by Crippen LogP contribution is -1.91. The van der Waals surface area contributed by atoms with Gasteiger partial charge in [0.1, 0.15) is 0 Å². The Morgan fingerprint density at radius 3 is 2.65 bits per heavy atom. The van der Waals surface area contributed by atoms with Crippen LogP contribution in [0.1, 0.15) is 43.9 Å². The van der Waals surface area contributed by atoms with Crippen molar-refractivity contribution in [3.8, 4) is 10.6 Å². The van der Waals surface area contributed by atoms with Crippen LogP contribution >= 0.6 is 11.3 Å². The lowest BCUT2D eigenvalue weighted by Gasteiger charge is -2.05. The number of nitrogens with zero attached hydrogens (tertiary/aromatic N) is 2. The molecule has 0 atom stereocenters. The zero-order valence-electron chi connectivity index (χ0n) is 13.6. The molecule has 3 aromatic rings. The number of fused-ring (bicyclic) bond motifs is 1. The molecule has 0 fully saturated rings. The lowest BCUT2D eigenvalue weighted by atomic mass is 10.1. The van der Waals surface area contributed by atoms with Crippen molar-refractivity contribution >= 4 is 28.4 Å². The molecule has 2 nitrogen and oxygen atoms in total. The number of rotatable bonds is 7. The Morgan fingerprint density at radius 2 is 1.83 bits per heavy atom. The highest BCUT2D eigenvalue weighted by Crippen LogP contribution is 2.30. The molecule has 0 bridgehead atoms. The van der Waals surface area contributed by atoms with E-state index in [4.69, 9.17) is 4.98 Å². The van der Waals surface area contributed by atoms with Crippen LogP contribution in [0.5, 0.6) is 0 Å². The van der Waals surface area contributed by atoms with Crippen LogP contribution in [0.3, 0.4) is 0 Å². The molecule has 0 aliphatic carbocycles. The minimum atomic E-state index is 0.889. The highest BCUT2D eigenvalue weighted by Gasteiger charge is 2.09. The molecular weight excluding hydrogens is 300 g/mol. The van der Waals surface area contributed by atoms with Gasteiger partial charge >= 0.3 is 0 Å². The summed E-state index contributed by atoms with van der Waals surface area (Å²) in [5.41, 5.74) is 5.24. The molecule has 0 N–H and O–H groups in total. The average Bonchev–Trinajstić information content (AvgIpc) is 3.06. The zero-order chi connectivity index (χ0) is 16.1. The van der Waals surface area contributed by atoms with Gasteiger partial charge < -0.3 is 0 Å². The van der Waals surface area contributed by atoms with E-state index in [2.05, 4.69) is 42.1 Å².